The first-order valence-corrected chi connectivity index (χ1v) is 9.27. The van der Waals surface area contributed by atoms with Crippen molar-refractivity contribution in [2.75, 3.05) is 18.5 Å². The number of aromatic nitrogens is 1. The number of benzene rings is 1. The number of ether oxygens (including phenoxy) is 1. The number of hydrogen-bond donors (Lipinski definition) is 1. The zero-order valence-corrected chi connectivity index (χ0v) is 15.6. The first kappa shape index (κ1) is 17.6. The number of rotatable bonds is 4. The summed E-state index contributed by atoms with van der Waals surface area (Å²) >= 11 is 0. The molecule has 4 rings (SSSR count). The normalized spacial score (nSPS) is 16.3. The lowest BCUT2D eigenvalue weighted by Gasteiger charge is -2.20. The van der Waals surface area contributed by atoms with Crippen LogP contribution in [0.4, 0.5) is 5.69 Å². The minimum absolute atomic E-state index is 0.00766. The quantitative estimate of drug-likeness (QED) is 0.895. The van der Waals surface area contributed by atoms with E-state index < -0.39 is 0 Å². The molecule has 7 nitrogen and oxygen atoms in total. The molecule has 0 radical (unpaired) electrons. The van der Waals surface area contributed by atoms with Gasteiger partial charge in [0.05, 0.1) is 18.7 Å². The van der Waals surface area contributed by atoms with Crippen LogP contribution in [0.15, 0.2) is 22.7 Å². The summed E-state index contributed by atoms with van der Waals surface area (Å²) in [5, 5.41) is 6.87. The van der Waals surface area contributed by atoms with Gasteiger partial charge < -0.3 is 19.5 Å². The van der Waals surface area contributed by atoms with Gasteiger partial charge in [-0.1, -0.05) is 5.16 Å². The maximum absolute atomic E-state index is 12.8. The van der Waals surface area contributed by atoms with E-state index >= 15 is 0 Å². The molecule has 1 aromatic heterocycles. The number of fused-ring (bicyclic) bond motifs is 1. The van der Waals surface area contributed by atoms with Crippen molar-refractivity contribution >= 4 is 17.5 Å². The lowest BCUT2D eigenvalue weighted by Crippen LogP contribution is -2.33. The Morgan fingerprint density at radius 3 is 2.81 bits per heavy atom. The number of nitrogens with one attached hydrogen (secondary N) is 1. The van der Waals surface area contributed by atoms with Crippen molar-refractivity contribution in [1.82, 2.24) is 10.1 Å². The van der Waals surface area contributed by atoms with Crippen LogP contribution in [0.5, 0.6) is 5.75 Å². The molecule has 27 heavy (non-hydrogen) atoms. The van der Waals surface area contributed by atoms with Crippen LogP contribution in [0.25, 0.3) is 0 Å². The molecule has 0 saturated heterocycles. The number of hydrogen-bond acceptors (Lipinski definition) is 5. The highest BCUT2D eigenvalue weighted by Crippen LogP contribution is 2.32. The minimum Gasteiger partial charge on any atom is -0.491 e. The number of nitrogens with zero attached hydrogens (tertiary/aromatic N) is 2. The molecule has 2 amide bonds. The molecular weight excluding hydrogens is 346 g/mol. The van der Waals surface area contributed by atoms with Crippen LogP contribution in [0, 0.1) is 19.8 Å². The van der Waals surface area contributed by atoms with Crippen LogP contribution in [0.1, 0.15) is 35.4 Å². The van der Waals surface area contributed by atoms with Crippen LogP contribution >= 0.6 is 0 Å². The first-order valence-electron chi connectivity index (χ1n) is 9.27. The number of aryl methyl sites for hydroxylation is 2. The maximum atomic E-state index is 12.8. The fourth-order valence-electron chi connectivity index (χ4n) is 3.29. The van der Waals surface area contributed by atoms with E-state index in [1.807, 2.05) is 32.0 Å². The predicted octanol–water partition coefficient (Wildman–Crippen LogP) is 2.60. The Balaban J connectivity index is 1.49. The average molecular weight is 369 g/mol. The second kappa shape index (κ2) is 7.06. The molecule has 0 bridgehead atoms. The van der Waals surface area contributed by atoms with Crippen LogP contribution in [0.2, 0.25) is 0 Å². The van der Waals surface area contributed by atoms with Crippen LogP contribution in [-0.2, 0) is 22.6 Å². The van der Waals surface area contributed by atoms with Gasteiger partial charge in [0.2, 0.25) is 11.8 Å². The summed E-state index contributed by atoms with van der Waals surface area (Å²) in [5.74, 6) is 1.65. The Labute approximate surface area is 157 Å². The molecule has 1 saturated carbocycles. The van der Waals surface area contributed by atoms with Crippen LogP contribution < -0.4 is 10.1 Å². The zero-order valence-electron chi connectivity index (χ0n) is 15.6. The second-order valence-corrected chi connectivity index (χ2v) is 7.23. The molecule has 1 aromatic carbocycles. The Morgan fingerprint density at radius 1 is 1.30 bits per heavy atom. The minimum atomic E-state index is 0.00766. The van der Waals surface area contributed by atoms with Crippen molar-refractivity contribution in [2.45, 2.75) is 39.7 Å². The smallest absolute Gasteiger partial charge is 0.227 e. The molecule has 1 aliphatic carbocycles. The number of carbonyl (C=O) groups is 2. The molecule has 2 aromatic rings. The van der Waals surface area contributed by atoms with Crippen LogP contribution in [-0.4, -0.2) is 35.0 Å². The monoisotopic (exact) mass is 369 g/mol. The third-order valence-corrected chi connectivity index (χ3v) is 5.12. The Hall–Kier alpha value is -2.83. The number of anilines is 1. The summed E-state index contributed by atoms with van der Waals surface area (Å²) in [6.45, 7) is 5.06. The third-order valence-electron chi connectivity index (χ3n) is 5.12. The fraction of sp³-hybridized carbons (Fsp3) is 0.450. The molecule has 0 unspecified atom stereocenters. The highest BCUT2D eigenvalue weighted by atomic mass is 16.5. The van der Waals surface area contributed by atoms with E-state index in [-0.39, 0.29) is 24.2 Å². The second-order valence-electron chi connectivity index (χ2n) is 7.23. The Kier molecular flexibility index (Phi) is 4.59. The fourth-order valence-corrected chi connectivity index (χ4v) is 3.29. The maximum Gasteiger partial charge on any atom is 0.227 e. The van der Waals surface area contributed by atoms with Gasteiger partial charge in [-0.3, -0.25) is 9.59 Å². The van der Waals surface area contributed by atoms with Gasteiger partial charge in [0.15, 0.2) is 0 Å². The lowest BCUT2D eigenvalue weighted by atomic mass is 10.1. The highest BCUT2D eigenvalue weighted by molar-refractivity contribution is 5.94. The van der Waals surface area contributed by atoms with Crippen molar-refractivity contribution in [2.24, 2.45) is 5.92 Å². The van der Waals surface area contributed by atoms with Crippen molar-refractivity contribution in [3.8, 4) is 5.75 Å². The van der Waals surface area contributed by atoms with Gasteiger partial charge in [0.25, 0.3) is 0 Å². The first-order chi connectivity index (χ1) is 13.0. The third kappa shape index (κ3) is 3.82. The van der Waals surface area contributed by atoms with E-state index in [9.17, 15) is 9.59 Å². The largest absolute Gasteiger partial charge is 0.491 e. The standard InChI is InChI=1S/C20H23N3O4/c1-12-17(13(2)27-22-12)10-19(24)23-7-8-26-18-6-5-16(9-15(18)11-23)21-20(25)14-3-4-14/h5-6,9,14H,3-4,7-8,10-11H2,1-2H3,(H,21,25). The van der Waals surface area contributed by atoms with Gasteiger partial charge in [-0.15, -0.1) is 0 Å². The molecule has 1 fully saturated rings. The number of carbonyl (C=O) groups excluding carboxylic acids is 2. The van der Waals surface area contributed by atoms with E-state index in [0.29, 0.717) is 25.5 Å². The molecule has 2 aliphatic rings. The van der Waals surface area contributed by atoms with Gasteiger partial charge in [0, 0.05) is 29.3 Å². The molecule has 1 N–H and O–H groups in total. The zero-order chi connectivity index (χ0) is 19.0. The summed E-state index contributed by atoms with van der Waals surface area (Å²) in [4.78, 5) is 26.6. The van der Waals surface area contributed by atoms with E-state index in [2.05, 4.69) is 10.5 Å². The van der Waals surface area contributed by atoms with Gasteiger partial charge >= 0.3 is 0 Å². The summed E-state index contributed by atoms with van der Waals surface area (Å²) in [6.07, 6.45) is 2.18. The average Bonchev–Trinajstić information content (AvgIpc) is 3.46. The molecule has 0 spiro atoms. The molecule has 7 heteroatoms. The van der Waals surface area contributed by atoms with E-state index in [1.54, 1.807) is 4.90 Å². The number of amides is 2. The van der Waals surface area contributed by atoms with E-state index in [4.69, 9.17) is 9.26 Å². The predicted molar refractivity (Wildman–Crippen MR) is 98.4 cm³/mol. The molecule has 142 valence electrons. The van der Waals surface area contributed by atoms with Crippen molar-refractivity contribution in [3.63, 3.8) is 0 Å². The van der Waals surface area contributed by atoms with E-state index in [1.165, 1.54) is 0 Å². The SMILES string of the molecule is Cc1noc(C)c1CC(=O)N1CCOc2ccc(NC(=O)C3CC3)cc2C1. The van der Waals surface area contributed by atoms with Gasteiger partial charge in [-0.2, -0.15) is 0 Å². The highest BCUT2D eigenvalue weighted by Gasteiger charge is 2.30. The van der Waals surface area contributed by atoms with Crippen molar-refractivity contribution < 1.29 is 18.8 Å². The van der Waals surface area contributed by atoms with Crippen molar-refractivity contribution in [1.29, 1.82) is 0 Å². The summed E-state index contributed by atoms with van der Waals surface area (Å²) in [6, 6.07) is 5.61. The van der Waals surface area contributed by atoms with Gasteiger partial charge in [-0.25, -0.2) is 0 Å². The Morgan fingerprint density at radius 2 is 2.11 bits per heavy atom. The molecular formula is C20H23N3O4. The summed E-state index contributed by atoms with van der Waals surface area (Å²) in [7, 11) is 0. The molecule has 0 atom stereocenters. The molecule has 2 heterocycles. The summed E-state index contributed by atoms with van der Waals surface area (Å²) < 4.78 is 10.9. The van der Waals surface area contributed by atoms with Gasteiger partial charge in [0.1, 0.15) is 18.1 Å². The van der Waals surface area contributed by atoms with Gasteiger partial charge in [-0.05, 0) is 44.9 Å². The van der Waals surface area contributed by atoms with Crippen LogP contribution in [0.3, 0.4) is 0 Å². The lowest BCUT2D eigenvalue weighted by molar-refractivity contribution is -0.131. The summed E-state index contributed by atoms with van der Waals surface area (Å²) in [5.41, 5.74) is 3.23. The van der Waals surface area contributed by atoms with E-state index in [0.717, 1.165) is 41.1 Å². The Bertz CT molecular complexity index is 866. The van der Waals surface area contributed by atoms with Crippen molar-refractivity contribution in [3.05, 3.63) is 40.8 Å². The molecule has 1 aliphatic heterocycles. The topological polar surface area (TPSA) is 84.7 Å².